The number of halogens is 2. The second kappa shape index (κ2) is 16.4. The summed E-state index contributed by atoms with van der Waals surface area (Å²) in [4.78, 5) is -0.178. The van der Waals surface area contributed by atoms with Gasteiger partial charge in [-0.25, -0.2) is 8.42 Å². The van der Waals surface area contributed by atoms with E-state index in [4.69, 9.17) is 23.2 Å². The van der Waals surface area contributed by atoms with E-state index in [1.807, 2.05) is 25.1 Å². The topological polar surface area (TPSA) is 57.2 Å². The summed E-state index contributed by atoms with van der Waals surface area (Å²) < 4.78 is 32.4. The molecule has 0 aliphatic heterocycles. The molecule has 0 aliphatic rings. The van der Waals surface area contributed by atoms with Crippen LogP contribution in [0.15, 0.2) is 59.5 Å². The Hall–Kier alpha value is -1.37. The highest BCUT2D eigenvalue weighted by molar-refractivity contribution is 7.85. The Morgan fingerprint density at radius 3 is 2.09 bits per heavy atom. The Kier molecular flexibility index (Phi) is 14.8. The Bertz CT molecular complexity index is 1000. The summed E-state index contributed by atoms with van der Waals surface area (Å²) in [7, 11) is -4.27. The fourth-order valence-corrected chi connectivity index (χ4v) is 4.73. The third-order valence-electron chi connectivity index (χ3n) is 6.42. The van der Waals surface area contributed by atoms with Crippen LogP contribution in [0.3, 0.4) is 0 Å². The highest BCUT2D eigenvalue weighted by Gasteiger charge is 2.20. The number of hydrogen-bond acceptors (Lipinski definition) is 3. The molecule has 0 unspecified atom stereocenters. The van der Waals surface area contributed by atoms with E-state index in [-0.39, 0.29) is 4.90 Å². The summed E-state index contributed by atoms with van der Waals surface area (Å²) in [6.45, 7) is 13.5. The van der Waals surface area contributed by atoms with Crippen LogP contribution >= 0.6 is 23.2 Å². The van der Waals surface area contributed by atoms with Crippen molar-refractivity contribution in [2.75, 3.05) is 26.2 Å². The monoisotopic (exact) mass is 541 g/mol. The van der Waals surface area contributed by atoms with Crippen LogP contribution in [0.1, 0.15) is 64.0 Å². The van der Waals surface area contributed by atoms with E-state index in [9.17, 15) is 13.0 Å². The van der Waals surface area contributed by atoms with Crippen LogP contribution in [0.4, 0.5) is 0 Å². The van der Waals surface area contributed by atoms with Crippen molar-refractivity contribution in [3.05, 3.63) is 75.8 Å². The Morgan fingerprint density at radius 1 is 0.886 bits per heavy atom. The molecular weight excluding hydrogens is 501 g/mol. The van der Waals surface area contributed by atoms with Crippen LogP contribution in [0.25, 0.3) is 0 Å². The minimum Gasteiger partial charge on any atom is -0.744 e. The predicted octanol–water partition coefficient (Wildman–Crippen LogP) is 7.82. The van der Waals surface area contributed by atoms with Crippen molar-refractivity contribution in [1.29, 1.82) is 0 Å². The van der Waals surface area contributed by atoms with Crippen LogP contribution in [0, 0.1) is 6.92 Å². The number of aryl methyl sites for hydroxylation is 1. The molecule has 0 aromatic heterocycles. The van der Waals surface area contributed by atoms with Gasteiger partial charge in [-0.2, -0.15) is 0 Å². The molecule has 35 heavy (non-hydrogen) atoms. The Morgan fingerprint density at radius 2 is 1.51 bits per heavy atom. The smallest absolute Gasteiger partial charge is 0.124 e. The number of likely N-dealkylation sites (N-methyl/N-ethyl adjacent to an activating group) is 1. The Labute approximate surface area is 223 Å². The van der Waals surface area contributed by atoms with Gasteiger partial charge in [0.2, 0.25) is 0 Å². The lowest BCUT2D eigenvalue weighted by atomic mass is 10.1. The van der Waals surface area contributed by atoms with Gasteiger partial charge in [0.1, 0.15) is 10.1 Å². The molecule has 0 radical (unpaired) electrons. The lowest BCUT2D eigenvalue weighted by molar-refractivity contribution is -0.919. The maximum Gasteiger partial charge on any atom is 0.124 e. The lowest BCUT2D eigenvalue weighted by Crippen LogP contribution is -2.48. The summed E-state index contributed by atoms with van der Waals surface area (Å²) in [5.41, 5.74) is 2.03. The second-order valence-corrected chi connectivity index (χ2v) is 11.1. The third kappa shape index (κ3) is 11.9. The number of hydrogen-bond donors (Lipinski definition) is 0. The van der Waals surface area contributed by atoms with Gasteiger partial charge < -0.3 is 9.04 Å². The molecule has 2 aromatic carbocycles. The van der Waals surface area contributed by atoms with E-state index in [0.717, 1.165) is 24.1 Å². The van der Waals surface area contributed by atoms with Crippen molar-refractivity contribution in [3.63, 3.8) is 0 Å². The zero-order chi connectivity index (χ0) is 26.3. The molecule has 4 nitrogen and oxygen atoms in total. The van der Waals surface area contributed by atoms with Gasteiger partial charge in [0.05, 0.1) is 41.1 Å². The molecule has 196 valence electrons. The molecule has 0 saturated heterocycles. The first-order valence-corrected chi connectivity index (χ1v) is 14.7. The maximum absolute atomic E-state index is 10.4. The number of nitrogens with zero attached hydrogens (tertiary/aromatic N) is 1. The minimum atomic E-state index is -4.27. The number of allylic oxidation sites excluding steroid dienone is 1. The van der Waals surface area contributed by atoms with Crippen LogP contribution in [0.5, 0.6) is 0 Å². The van der Waals surface area contributed by atoms with Gasteiger partial charge in [-0.15, -0.1) is 0 Å². The molecule has 2 rings (SSSR count). The van der Waals surface area contributed by atoms with E-state index in [1.54, 1.807) is 12.1 Å². The molecule has 0 bridgehead atoms. The van der Waals surface area contributed by atoms with Gasteiger partial charge in [-0.3, -0.25) is 0 Å². The van der Waals surface area contributed by atoms with E-state index >= 15 is 0 Å². The van der Waals surface area contributed by atoms with Gasteiger partial charge in [-0.1, -0.05) is 85.3 Å². The molecule has 0 fully saturated rings. The van der Waals surface area contributed by atoms with Crippen LogP contribution in [0.2, 0.25) is 10.0 Å². The second-order valence-electron chi connectivity index (χ2n) is 8.95. The van der Waals surface area contributed by atoms with Gasteiger partial charge in [-0.05, 0) is 69.9 Å². The zero-order valence-corrected chi connectivity index (χ0v) is 23.9. The fourth-order valence-electron chi connectivity index (χ4n) is 3.86. The maximum atomic E-state index is 10.4. The highest BCUT2D eigenvalue weighted by Crippen LogP contribution is 2.26. The SMILES string of the molecule is CCCCCCC[N+](CC)(CC)CC=CCc1cccc(Cl)c1Cl.Cc1ccc(S(=O)(=O)[O-])cc1. The van der Waals surface area contributed by atoms with Crippen LogP contribution in [-0.2, 0) is 16.5 Å². The summed E-state index contributed by atoms with van der Waals surface area (Å²) >= 11 is 12.3. The molecule has 0 N–H and O–H groups in total. The normalized spacial score (nSPS) is 12.0. The molecular formula is C28H41Cl2NO3S. The molecule has 2 aromatic rings. The zero-order valence-electron chi connectivity index (χ0n) is 21.6. The first kappa shape index (κ1) is 31.7. The van der Waals surface area contributed by atoms with Gasteiger partial charge in [0, 0.05) is 0 Å². The van der Waals surface area contributed by atoms with Crippen molar-refractivity contribution < 1.29 is 17.5 Å². The number of quaternary nitrogens is 1. The van der Waals surface area contributed by atoms with Crippen molar-refractivity contribution >= 4 is 33.3 Å². The molecule has 0 saturated carbocycles. The van der Waals surface area contributed by atoms with Gasteiger partial charge >= 0.3 is 0 Å². The molecule has 0 aliphatic carbocycles. The third-order valence-corrected chi connectivity index (χ3v) is 8.12. The fraction of sp³-hybridized carbons (Fsp3) is 0.500. The van der Waals surface area contributed by atoms with E-state index in [2.05, 4.69) is 32.9 Å². The lowest BCUT2D eigenvalue weighted by Gasteiger charge is -2.36. The van der Waals surface area contributed by atoms with E-state index in [0.29, 0.717) is 10.0 Å². The van der Waals surface area contributed by atoms with Crippen LogP contribution in [-0.4, -0.2) is 43.6 Å². The number of unbranched alkanes of at least 4 members (excludes halogenated alkanes) is 4. The van der Waals surface area contributed by atoms with Crippen molar-refractivity contribution in [2.45, 2.75) is 71.1 Å². The van der Waals surface area contributed by atoms with E-state index < -0.39 is 10.1 Å². The van der Waals surface area contributed by atoms with E-state index in [1.165, 1.54) is 68.4 Å². The summed E-state index contributed by atoms with van der Waals surface area (Å²) in [6, 6.07) is 11.6. The summed E-state index contributed by atoms with van der Waals surface area (Å²) in [5.74, 6) is 0. The largest absolute Gasteiger partial charge is 0.744 e. The molecule has 7 heteroatoms. The summed E-state index contributed by atoms with van der Waals surface area (Å²) in [5, 5.41) is 1.33. The van der Waals surface area contributed by atoms with Crippen molar-refractivity contribution in [2.24, 2.45) is 0 Å². The highest BCUT2D eigenvalue weighted by atomic mass is 35.5. The molecule has 0 heterocycles. The number of benzene rings is 2. The molecule has 0 amide bonds. The summed E-state index contributed by atoms with van der Waals surface area (Å²) in [6.07, 6.45) is 12.2. The van der Waals surface area contributed by atoms with Crippen molar-refractivity contribution in [3.8, 4) is 0 Å². The predicted molar refractivity (Wildman–Crippen MR) is 148 cm³/mol. The van der Waals surface area contributed by atoms with Crippen LogP contribution < -0.4 is 0 Å². The molecule has 0 atom stereocenters. The molecule has 0 spiro atoms. The Balaban J connectivity index is 0.000000462. The van der Waals surface area contributed by atoms with Gasteiger partial charge in [0.15, 0.2) is 0 Å². The minimum absolute atomic E-state index is 0.178. The van der Waals surface area contributed by atoms with Crippen molar-refractivity contribution in [1.82, 2.24) is 0 Å². The number of rotatable bonds is 13. The first-order chi connectivity index (χ1) is 16.6. The average molecular weight is 543 g/mol. The first-order valence-electron chi connectivity index (χ1n) is 12.5. The standard InChI is InChI=1S/C21H34Cl2N.C7H8O3S/c1-4-7-8-9-11-17-24(5-2,6-3)18-12-10-14-19-15-13-16-20(22)21(19)23;1-6-2-4-7(5-3-6)11(8,9)10/h10,12-13,15-16H,4-9,11,14,17-18H2,1-3H3;2-5H,1H3,(H,8,9,10)/q+1;/p-1. The quantitative estimate of drug-likeness (QED) is 0.112. The van der Waals surface area contributed by atoms with Gasteiger partial charge in [0.25, 0.3) is 0 Å². The average Bonchev–Trinajstić information content (AvgIpc) is 2.83.